The number of aryl methyl sites for hydroxylation is 1. The zero-order valence-corrected chi connectivity index (χ0v) is 12.8. The highest BCUT2D eigenvalue weighted by molar-refractivity contribution is 7.17. The highest BCUT2D eigenvalue weighted by atomic mass is 32.1. The van der Waals surface area contributed by atoms with Crippen LogP contribution in [-0.2, 0) is 0 Å². The first-order valence-electron chi connectivity index (χ1n) is 6.17. The van der Waals surface area contributed by atoms with Crippen LogP contribution < -0.4 is 11.1 Å². The zero-order valence-electron chi connectivity index (χ0n) is 11.2. The summed E-state index contributed by atoms with van der Waals surface area (Å²) in [5, 5.41) is 6.11. The summed E-state index contributed by atoms with van der Waals surface area (Å²) in [5.74, 6) is -0.196. The maximum absolute atomic E-state index is 12.2. The van der Waals surface area contributed by atoms with Gasteiger partial charge in [-0.3, -0.25) is 4.79 Å². The number of nitrogens with zero attached hydrogens (tertiary/aromatic N) is 2. The Bertz CT molecular complexity index is 780. The topological polar surface area (TPSA) is 80.9 Å². The average molecular weight is 316 g/mol. The summed E-state index contributed by atoms with van der Waals surface area (Å²) in [6, 6.07) is 7.59. The third-order valence-corrected chi connectivity index (χ3v) is 4.63. The monoisotopic (exact) mass is 316 g/mol. The highest BCUT2D eigenvalue weighted by Gasteiger charge is 2.14. The van der Waals surface area contributed by atoms with Crippen LogP contribution >= 0.6 is 22.7 Å². The van der Waals surface area contributed by atoms with Crippen LogP contribution in [0.2, 0.25) is 0 Å². The van der Waals surface area contributed by atoms with E-state index in [-0.39, 0.29) is 5.91 Å². The van der Waals surface area contributed by atoms with E-state index in [1.807, 2.05) is 29.6 Å². The summed E-state index contributed by atoms with van der Waals surface area (Å²) in [7, 11) is 0. The first-order valence-corrected chi connectivity index (χ1v) is 7.87. The van der Waals surface area contributed by atoms with Crippen molar-refractivity contribution in [1.29, 1.82) is 0 Å². The van der Waals surface area contributed by atoms with Gasteiger partial charge >= 0.3 is 0 Å². The van der Waals surface area contributed by atoms with Gasteiger partial charge in [0.2, 0.25) is 0 Å². The quantitative estimate of drug-likeness (QED) is 0.776. The number of carbonyl (C=O) groups excluding carboxylic acids is 1. The number of nitrogen functional groups attached to an aromatic ring is 1. The number of thiazole rings is 2. The van der Waals surface area contributed by atoms with Crippen LogP contribution in [0.15, 0.2) is 35.8 Å². The van der Waals surface area contributed by atoms with E-state index in [2.05, 4.69) is 15.3 Å². The highest BCUT2D eigenvalue weighted by Crippen LogP contribution is 2.26. The van der Waals surface area contributed by atoms with E-state index in [1.165, 1.54) is 11.3 Å². The lowest BCUT2D eigenvalue weighted by molar-refractivity contribution is 0.103. The zero-order chi connectivity index (χ0) is 14.8. The lowest BCUT2D eigenvalue weighted by Gasteiger charge is -2.05. The van der Waals surface area contributed by atoms with Crippen molar-refractivity contribution in [3.05, 3.63) is 46.4 Å². The largest absolute Gasteiger partial charge is 0.375 e. The number of hydrogen-bond acceptors (Lipinski definition) is 6. The van der Waals surface area contributed by atoms with Crippen molar-refractivity contribution in [2.45, 2.75) is 6.92 Å². The van der Waals surface area contributed by atoms with Gasteiger partial charge in [0, 0.05) is 22.8 Å². The molecule has 106 valence electrons. The first-order chi connectivity index (χ1) is 10.1. The van der Waals surface area contributed by atoms with E-state index in [0.717, 1.165) is 16.3 Å². The Balaban J connectivity index is 1.84. The number of carbonyl (C=O) groups is 1. The second kappa shape index (κ2) is 5.63. The fourth-order valence-corrected chi connectivity index (χ4v) is 3.28. The van der Waals surface area contributed by atoms with Crippen LogP contribution in [-0.4, -0.2) is 15.9 Å². The molecule has 0 fully saturated rings. The standard InChI is InChI=1S/C14H12N4OS2/c1-8-11(21-14(15)17-8)12(19)18-10-4-2-3-9(7-10)13-16-5-6-20-13/h2-7H,1H3,(H2,15,17)(H,18,19). The van der Waals surface area contributed by atoms with E-state index in [0.29, 0.717) is 15.7 Å². The van der Waals surface area contributed by atoms with Gasteiger partial charge in [0.15, 0.2) is 5.13 Å². The van der Waals surface area contributed by atoms with E-state index in [4.69, 9.17) is 5.73 Å². The molecule has 5 nitrogen and oxygen atoms in total. The molecule has 0 unspecified atom stereocenters. The molecule has 2 aromatic heterocycles. The molecule has 7 heteroatoms. The Morgan fingerprint density at radius 1 is 1.38 bits per heavy atom. The van der Waals surface area contributed by atoms with Gasteiger partial charge in [0.25, 0.3) is 5.91 Å². The van der Waals surface area contributed by atoms with Crippen molar-refractivity contribution in [1.82, 2.24) is 9.97 Å². The minimum Gasteiger partial charge on any atom is -0.375 e. The number of nitrogens with two attached hydrogens (primary N) is 1. The molecular weight excluding hydrogens is 304 g/mol. The SMILES string of the molecule is Cc1nc(N)sc1C(=O)Nc1cccc(-c2nccs2)c1. The maximum atomic E-state index is 12.2. The van der Waals surface area contributed by atoms with E-state index in [1.54, 1.807) is 24.5 Å². The number of nitrogens with one attached hydrogen (secondary N) is 1. The van der Waals surface area contributed by atoms with E-state index < -0.39 is 0 Å². The number of amides is 1. The predicted octanol–water partition coefficient (Wildman–Crippen LogP) is 3.41. The van der Waals surface area contributed by atoms with Crippen molar-refractivity contribution >= 4 is 39.4 Å². The Labute approximate surface area is 129 Å². The molecule has 0 bridgehead atoms. The van der Waals surface area contributed by atoms with Crippen molar-refractivity contribution in [2.75, 3.05) is 11.1 Å². The smallest absolute Gasteiger partial charge is 0.267 e. The minimum absolute atomic E-state index is 0.196. The van der Waals surface area contributed by atoms with Crippen molar-refractivity contribution in [3.63, 3.8) is 0 Å². The minimum atomic E-state index is -0.196. The number of anilines is 2. The van der Waals surface area contributed by atoms with Crippen molar-refractivity contribution in [3.8, 4) is 10.6 Å². The predicted molar refractivity (Wildman–Crippen MR) is 86.8 cm³/mol. The van der Waals surface area contributed by atoms with Gasteiger partial charge in [-0.2, -0.15) is 0 Å². The third kappa shape index (κ3) is 2.93. The van der Waals surface area contributed by atoms with Gasteiger partial charge in [-0.1, -0.05) is 23.5 Å². The molecule has 3 rings (SSSR count). The fourth-order valence-electron chi connectivity index (χ4n) is 1.91. The molecule has 1 aromatic carbocycles. The molecule has 3 aromatic rings. The van der Waals surface area contributed by atoms with Gasteiger partial charge in [0.05, 0.1) is 5.69 Å². The summed E-state index contributed by atoms with van der Waals surface area (Å²) in [4.78, 5) is 21.1. The summed E-state index contributed by atoms with van der Waals surface area (Å²) < 4.78 is 0. The van der Waals surface area contributed by atoms with E-state index >= 15 is 0 Å². The van der Waals surface area contributed by atoms with Crippen LogP contribution in [0.1, 0.15) is 15.4 Å². The number of rotatable bonds is 3. The van der Waals surface area contributed by atoms with Crippen LogP contribution in [0.5, 0.6) is 0 Å². The maximum Gasteiger partial charge on any atom is 0.267 e. The van der Waals surface area contributed by atoms with Gasteiger partial charge in [0.1, 0.15) is 9.88 Å². The van der Waals surface area contributed by atoms with Crippen LogP contribution in [0.4, 0.5) is 10.8 Å². The fraction of sp³-hybridized carbons (Fsp3) is 0.0714. The van der Waals surface area contributed by atoms with Crippen LogP contribution in [0.25, 0.3) is 10.6 Å². The molecule has 21 heavy (non-hydrogen) atoms. The van der Waals surface area contributed by atoms with Gasteiger partial charge in [-0.15, -0.1) is 11.3 Å². The van der Waals surface area contributed by atoms with E-state index in [9.17, 15) is 4.79 Å². The Morgan fingerprint density at radius 2 is 2.24 bits per heavy atom. The van der Waals surface area contributed by atoms with Gasteiger partial charge in [-0.25, -0.2) is 9.97 Å². The molecule has 1 amide bonds. The van der Waals surface area contributed by atoms with Crippen molar-refractivity contribution < 1.29 is 4.79 Å². The molecule has 0 aliphatic rings. The molecule has 0 atom stereocenters. The lowest BCUT2D eigenvalue weighted by atomic mass is 10.2. The summed E-state index contributed by atoms with van der Waals surface area (Å²) in [5.41, 5.74) is 7.96. The number of benzene rings is 1. The molecule has 0 radical (unpaired) electrons. The number of aromatic nitrogens is 2. The van der Waals surface area contributed by atoms with Gasteiger partial charge < -0.3 is 11.1 Å². The molecule has 0 saturated carbocycles. The Hall–Kier alpha value is -2.25. The molecule has 0 aliphatic heterocycles. The second-order valence-corrected chi connectivity index (χ2v) is 6.26. The average Bonchev–Trinajstić information content (AvgIpc) is 3.08. The summed E-state index contributed by atoms with van der Waals surface area (Å²) in [6.45, 7) is 1.77. The lowest BCUT2D eigenvalue weighted by Crippen LogP contribution is -2.11. The first kappa shape index (κ1) is 13.7. The molecule has 0 aliphatic carbocycles. The molecular formula is C14H12N4OS2. The number of hydrogen-bond donors (Lipinski definition) is 2. The molecule has 0 spiro atoms. The van der Waals surface area contributed by atoms with Gasteiger partial charge in [-0.05, 0) is 19.1 Å². The molecule has 0 saturated heterocycles. The third-order valence-electron chi connectivity index (χ3n) is 2.82. The normalized spacial score (nSPS) is 10.5. The van der Waals surface area contributed by atoms with Crippen molar-refractivity contribution in [2.24, 2.45) is 0 Å². The second-order valence-electron chi connectivity index (χ2n) is 4.34. The summed E-state index contributed by atoms with van der Waals surface area (Å²) >= 11 is 2.75. The summed E-state index contributed by atoms with van der Waals surface area (Å²) in [6.07, 6.45) is 1.76. The molecule has 3 N–H and O–H groups in total. The Morgan fingerprint density at radius 3 is 2.90 bits per heavy atom. The Kier molecular flexibility index (Phi) is 3.68. The molecule has 2 heterocycles. The van der Waals surface area contributed by atoms with Crippen LogP contribution in [0.3, 0.4) is 0 Å². The van der Waals surface area contributed by atoms with Crippen LogP contribution in [0, 0.1) is 6.92 Å².